The number of allylic oxidation sites excluding steroid dienone is 1. The Morgan fingerprint density at radius 1 is 1.06 bits per heavy atom. The van der Waals surface area contributed by atoms with Gasteiger partial charge in [0.15, 0.2) is 0 Å². The number of benzene rings is 3. The Balaban J connectivity index is 1.75. The van der Waals surface area contributed by atoms with Crippen LogP contribution in [0.15, 0.2) is 78.2 Å². The summed E-state index contributed by atoms with van der Waals surface area (Å²) in [6.07, 6.45) is 0. The van der Waals surface area contributed by atoms with E-state index < -0.39 is 5.92 Å². The number of aromatic nitrogens is 2. The van der Waals surface area contributed by atoms with Crippen LogP contribution in [0, 0.1) is 18.3 Å². The SMILES string of the molecule is Cc1nn(Cc2ccccc2)c2c1[C@@H](c1c(O)ccc3ccccc13)C(C#N)=C(N)O2. The van der Waals surface area contributed by atoms with E-state index in [1.54, 1.807) is 10.7 Å². The number of aryl methyl sites for hydroxylation is 1. The summed E-state index contributed by atoms with van der Waals surface area (Å²) in [5.74, 6) is 0.0495. The van der Waals surface area contributed by atoms with Crippen molar-refractivity contribution in [2.75, 3.05) is 0 Å². The number of fused-ring (bicyclic) bond motifs is 2. The van der Waals surface area contributed by atoms with Crippen molar-refractivity contribution in [3.8, 4) is 17.7 Å². The highest BCUT2D eigenvalue weighted by Gasteiger charge is 2.37. The van der Waals surface area contributed by atoms with E-state index in [-0.39, 0.29) is 17.2 Å². The maximum Gasteiger partial charge on any atom is 0.224 e. The summed E-state index contributed by atoms with van der Waals surface area (Å²) in [6, 6.07) is 23.4. The molecule has 1 aliphatic rings. The van der Waals surface area contributed by atoms with Crippen molar-refractivity contribution < 1.29 is 9.84 Å². The predicted molar refractivity (Wildman–Crippen MR) is 117 cm³/mol. The molecule has 0 bridgehead atoms. The van der Waals surface area contributed by atoms with Crippen LogP contribution in [0.5, 0.6) is 11.6 Å². The summed E-state index contributed by atoms with van der Waals surface area (Å²) in [7, 11) is 0. The molecule has 1 atom stereocenters. The molecule has 0 spiro atoms. The molecule has 1 aliphatic heterocycles. The summed E-state index contributed by atoms with van der Waals surface area (Å²) < 4.78 is 7.68. The van der Waals surface area contributed by atoms with Crippen LogP contribution < -0.4 is 10.5 Å². The molecule has 0 aliphatic carbocycles. The summed E-state index contributed by atoms with van der Waals surface area (Å²) in [5.41, 5.74) is 9.64. The minimum atomic E-state index is -0.579. The van der Waals surface area contributed by atoms with Gasteiger partial charge in [-0.15, -0.1) is 0 Å². The number of ether oxygens (including phenoxy) is 1. The Hall–Kier alpha value is -4.24. The topological polar surface area (TPSA) is 97.1 Å². The number of hydrogen-bond acceptors (Lipinski definition) is 5. The van der Waals surface area contributed by atoms with Crippen molar-refractivity contribution in [3.63, 3.8) is 0 Å². The van der Waals surface area contributed by atoms with Gasteiger partial charge in [-0.25, -0.2) is 4.68 Å². The van der Waals surface area contributed by atoms with Gasteiger partial charge in [0.25, 0.3) is 0 Å². The number of nitrogens with two attached hydrogens (primary N) is 1. The molecule has 0 amide bonds. The van der Waals surface area contributed by atoms with Crippen LogP contribution in [0.3, 0.4) is 0 Å². The summed E-state index contributed by atoms with van der Waals surface area (Å²) in [6.45, 7) is 2.38. The maximum absolute atomic E-state index is 10.9. The van der Waals surface area contributed by atoms with Crippen molar-refractivity contribution in [2.24, 2.45) is 5.73 Å². The fraction of sp³-hybridized carbons (Fsp3) is 0.120. The lowest BCUT2D eigenvalue weighted by molar-refractivity contribution is 0.351. The molecular weight excluding hydrogens is 388 g/mol. The molecule has 3 N–H and O–H groups in total. The molecule has 0 saturated carbocycles. The number of phenolic OH excluding ortho intramolecular Hbond substituents is 1. The first-order valence-corrected chi connectivity index (χ1v) is 9.98. The fourth-order valence-electron chi connectivity index (χ4n) is 4.32. The Bertz CT molecular complexity index is 1380. The number of rotatable bonds is 3. The van der Waals surface area contributed by atoms with Gasteiger partial charge in [0.2, 0.25) is 11.8 Å². The van der Waals surface area contributed by atoms with Crippen LogP contribution in [0.4, 0.5) is 0 Å². The van der Waals surface area contributed by atoms with E-state index in [2.05, 4.69) is 6.07 Å². The summed E-state index contributed by atoms with van der Waals surface area (Å²) >= 11 is 0. The Morgan fingerprint density at radius 3 is 2.58 bits per heavy atom. The second-order valence-electron chi connectivity index (χ2n) is 7.59. The van der Waals surface area contributed by atoms with E-state index in [0.29, 0.717) is 18.0 Å². The molecule has 6 heteroatoms. The van der Waals surface area contributed by atoms with Gasteiger partial charge < -0.3 is 15.6 Å². The number of aromatic hydroxyl groups is 1. The minimum Gasteiger partial charge on any atom is -0.508 e. The quantitative estimate of drug-likeness (QED) is 0.526. The van der Waals surface area contributed by atoms with Crippen LogP contribution in [-0.2, 0) is 6.54 Å². The first kappa shape index (κ1) is 18.8. The second-order valence-corrected chi connectivity index (χ2v) is 7.59. The van der Waals surface area contributed by atoms with E-state index in [1.807, 2.05) is 67.6 Å². The molecule has 4 aromatic rings. The number of nitrogens with zero attached hydrogens (tertiary/aromatic N) is 3. The van der Waals surface area contributed by atoms with Crippen LogP contribution in [0.25, 0.3) is 10.8 Å². The largest absolute Gasteiger partial charge is 0.508 e. The van der Waals surface area contributed by atoms with E-state index >= 15 is 0 Å². The zero-order valence-corrected chi connectivity index (χ0v) is 16.9. The normalized spacial score (nSPS) is 15.4. The van der Waals surface area contributed by atoms with Gasteiger partial charge >= 0.3 is 0 Å². The predicted octanol–water partition coefficient (Wildman–Crippen LogP) is 4.32. The average Bonchev–Trinajstić information content (AvgIpc) is 3.08. The molecule has 152 valence electrons. The summed E-state index contributed by atoms with van der Waals surface area (Å²) in [4.78, 5) is 0. The number of hydrogen-bond donors (Lipinski definition) is 2. The molecule has 0 unspecified atom stereocenters. The molecule has 3 aromatic carbocycles. The van der Waals surface area contributed by atoms with E-state index in [0.717, 1.165) is 27.6 Å². The Labute approximate surface area is 179 Å². The van der Waals surface area contributed by atoms with Crippen molar-refractivity contribution in [3.05, 3.63) is 101 Å². The van der Waals surface area contributed by atoms with Gasteiger partial charge in [0, 0.05) is 5.56 Å². The monoisotopic (exact) mass is 408 g/mol. The molecule has 1 aromatic heterocycles. The highest BCUT2D eigenvalue weighted by Crippen LogP contribution is 2.48. The van der Waals surface area contributed by atoms with Crippen LogP contribution in [0.2, 0.25) is 0 Å². The first-order valence-electron chi connectivity index (χ1n) is 9.98. The van der Waals surface area contributed by atoms with E-state index in [9.17, 15) is 10.4 Å². The molecule has 0 radical (unpaired) electrons. The van der Waals surface area contributed by atoms with Crippen LogP contribution >= 0.6 is 0 Å². The second kappa shape index (κ2) is 7.22. The lowest BCUT2D eigenvalue weighted by atomic mass is 9.81. The summed E-state index contributed by atoms with van der Waals surface area (Å²) in [5, 5.41) is 27.3. The van der Waals surface area contributed by atoms with Gasteiger partial charge in [-0.1, -0.05) is 60.7 Å². The van der Waals surface area contributed by atoms with Gasteiger partial charge in [0.1, 0.15) is 17.4 Å². The van der Waals surface area contributed by atoms with Gasteiger partial charge in [0.05, 0.1) is 23.7 Å². The third-order valence-electron chi connectivity index (χ3n) is 5.71. The Morgan fingerprint density at radius 2 is 1.81 bits per heavy atom. The molecule has 2 heterocycles. The highest BCUT2D eigenvalue weighted by molar-refractivity contribution is 5.89. The van der Waals surface area contributed by atoms with Crippen molar-refractivity contribution in [2.45, 2.75) is 19.4 Å². The average molecular weight is 408 g/mol. The molecule has 31 heavy (non-hydrogen) atoms. The van der Waals surface area contributed by atoms with Gasteiger partial charge in [-0.2, -0.15) is 10.4 Å². The minimum absolute atomic E-state index is 0.0292. The molecule has 0 fully saturated rings. The fourth-order valence-corrected chi connectivity index (χ4v) is 4.32. The van der Waals surface area contributed by atoms with Gasteiger partial charge in [-0.05, 0) is 29.3 Å². The van der Waals surface area contributed by atoms with Crippen LogP contribution in [0.1, 0.15) is 28.3 Å². The molecule has 5 rings (SSSR count). The van der Waals surface area contributed by atoms with Crippen LogP contribution in [-0.4, -0.2) is 14.9 Å². The highest BCUT2D eigenvalue weighted by atomic mass is 16.5. The third-order valence-corrected chi connectivity index (χ3v) is 5.71. The Kier molecular flexibility index (Phi) is 4.37. The van der Waals surface area contributed by atoms with E-state index in [4.69, 9.17) is 15.6 Å². The first-order chi connectivity index (χ1) is 15.1. The van der Waals surface area contributed by atoms with Crippen molar-refractivity contribution in [1.82, 2.24) is 9.78 Å². The smallest absolute Gasteiger partial charge is 0.224 e. The van der Waals surface area contributed by atoms with Gasteiger partial charge in [-0.3, -0.25) is 0 Å². The van der Waals surface area contributed by atoms with Crippen molar-refractivity contribution >= 4 is 10.8 Å². The standard InChI is InChI=1S/C25H20N4O2/c1-15-21-23(22-18-10-6-5-9-17(18)11-12-20(22)30)19(13-26)24(27)31-25(21)29(28-15)14-16-7-3-2-4-8-16/h2-12,23,30H,14,27H2,1H3/t23-/m0/s1. The number of phenols is 1. The lowest BCUT2D eigenvalue weighted by Gasteiger charge is -2.26. The zero-order chi connectivity index (χ0) is 21.5. The zero-order valence-electron chi connectivity index (χ0n) is 16.9. The molecule has 6 nitrogen and oxygen atoms in total. The lowest BCUT2D eigenvalue weighted by Crippen LogP contribution is -2.22. The van der Waals surface area contributed by atoms with Crippen molar-refractivity contribution in [1.29, 1.82) is 5.26 Å². The molecular formula is C25H20N4O2. The molecule has 0 saturated heterocycles. The maximum atomic E-state index is 10.9. The number of nitriles is 1. The van der Waals surface area contributed by atoms with E-state index in [1.165, 1.54) is 0 Å². The third kappa shape index (κ3) is 2.99.